The van der Waals surface area contributed by atoms with E-state index in [0.29, 0.717) is 11.3 Å². The molecule has 0 fully saturated rings. The predicted octanol–water partition coefficient (Wildman–Crippen LogP) is 2.01. The standard InChI is InChI=1S/C17H16N2O2/c1-13-5-3-7-15(11-13)19(2)17(21)16-9-8-14(12-18-16)6-4-10-20/h3,5,7-9,11-12,20H,10H2,1-2H3. The molecular formula is C17H16N2O2. The van der Waals surface area contributed by atoms with E-state index < -0.39 is 0 Å². The van der Waals surface area contributed by atoms with Crippen molar-refractivity contribution in [3.63, 3.8) is 0 Å². The first-order valence-corrected chi connectivity index (χ1v) is 6.52. The Labute approximate surface area is 124 Å². The highest BCUT2D eigenvalue weighted by atomic mass is 16.2. The van der Waals surface area contributed by atoms with Crippen molar-refractivity contribution in [1.29, 1.82) is 0 Å². The number of hydrogen-bond donors (Lipinski definition) is 1. The van der Waals surface area contributed by atoms with E-state index in [1.54, 1.807) is 24.1 Å². The summed E-state index contributed by atoms with van der Waals surface area (Å²) in [7, 11) is 1.72. The second kappa shape index (κ2) is 6.69. The van der Waals surface area contributed by atoms with Gasteiger partial charge >= 0.3 is 0 Å². The Morgan fingerprint density at radius 1 is 1.33 bits per heavy atom. The minimum atomic E-state index is -0.198. The Kier molecular flexibility index (Phi) is 4.70. The van der Waals surface area contributed by atoms with Crippen LogP contribution in [0.1, 0.15) is 21.6 Å². The Hall–Kier alpha value is -2.64. The van der Waals surface area contributed by atoms with Gasteiger partial charge in [-0.1, -0.05) is 24.0 Å². The van der Waals surface area contributed by atoms with Gasteiger partial charge in [-0.15, -0.1) is 0 Å². The van der Waals surface area contributed by atoms with Gasteiger partial charge < -0.3 is 10.0 Å². The Bertz CT molecular complexity index is 697. The van der Waals surface area contributed by atoms with Crippen LogP contribution < -0.4 is 4.90 Å². The molecule has 0 aliphatic heterocycles. The highest BCUT2D eigenvalue weighted by molar-refractivity contribution is 6.04. The molecule has 0 aliphatic rings. The highest BCUT2D eigenvalue weighted by Gasteiger charge is 2.14. The van der Waals surface area contributed by atoms with Crippen LogP contribution in [0, 0.1) is 18.8 Å². The van der Waals surface area contributed by atoms with Gasteiger partial charge in [0.25, 0.3) is 5.91 Å². The molecule has 1 heterocycles. The van der Waals surface area contributed by atoms with Gasteiger partial charge in [0.15, 0.2) is 0 Å². The average molecular weight is 280 g/mol. The lowest BCUT2D eigenvalue weighted by Crippen LogP contribution is -2.27. The van der Waals surface area contributed by atoms with Crippen LogP contribution in [0.15, 0.2) is 42.6 Å². The maximum Gasteiger partial charge on any atom is 0.276 e. The van der Waals surface area contributed by atoms with Gasteiger partial charge in [0, 0.05) is 24.5 Å². The molecule has 4 heteroatoms. The van der Waals surface area contributed by atoms with Crippen LogP contribution in [0.25, 0.3) is 0 Å². The molecular weight excluding hydrogens is 264 g/mol. The Balaban J connectivity index is 2.19. The van der Waals surface area contributed by atoms with E-state index >= 15 is 0 Å². The molecule has 0 saturated carbocycles. The van der Waals surface area contributed by atoms with Crippen LogP contribution in [0.5, 0.6) is 0 Å². The smallest absolute Gasteiger partial charge is 0.276 e. The third-order valence-corrected chi connectivity index (χ3v) is 2.99. The first kappa shape index (κ1) is 14.8. The Morgan fingerprint density at radius 2 is 2.14 bits per heavy atom. The summed E-state index contributed by atoms with van der Waals surface area (Å²) < 4.78 is 0. The largest absolute Gasteiger partial charge is 0.384 e. The van der Waals surface area contributed by atoms with E-state index in [-0.39, 0.29) is 12.5 Å². The SMILES string of the molecule is Cc1cccc(N(C)C(=O)c2ccc(C#CCO)cn2)c1. The van der Waals surface area contributed by atoms with Crippen molar-refractivity contribution in [2.45, 2.75) is 6.92 Å². The van der Waals surface area contributed by atoms with Crippen LogP contribution in [-0.2, 0) is 0 Å². The molecule has 4 nitrogen and oxygen atoms in total. The molecule has 1 amide bonds. The number of carbonyl (C=O) groups excluding carboxylic acids is 1. The van der Waals surface area contributed by atoms with Gasteiger partial charge in [0.1, 0.15) is 12.3 Å². The summed E-state index contributed by atoms with van der Waals surface area (Å²) in [4.78, 5) is 18.1. The van der Waals surface area contributed by atoms with Gasteiger partial charge in [-0.05, 0) is 36.8 Å². The number of amides is 1. The van der Waals surface area contributed by atoms with Crippen molar-refractivity contribution in [3.05, 3.63) is 59.4 Å². The lowest BCUT2D eigenvalue weighted by Gasteiger charge is -2.17. The second-order valence-electron chi connectivity index (χ2n) is 4.60. The van der Waals surface area contributed by atoms with Crippen molar-refractivity contribution in [2.24, 2.45) is 0 Å². The summed E-state index contributed by atoms with van der Waals surface area (Å²) in [5.74, 6) is 5.10. The molecule has 0 atom stereocenters. The maximum absolute atomic E-state index is 12.4. The highest BCUT2D eigenvalue weighted by Crippen LogP contribution is 2.16. The van der Waals surface area contributed by atoms with Crippen molar-refractivity contribution in [2.75, 3.05) is 18.6 Å². The number of aliphatic hydroxyl groups is 1. The number of aliphatic hydroxyl groups excluding tert-OH is 1. The predicted molar refractivity (Wildman–Crippen MR) is 82.1 cm³/mol. The summed E-state index contributed by atoms with van der Waals surface area (Å²) in [5, 5.41) is 8.64. The molecule has 21 heavy (non-hydrogen) atoms. The molecule has 0 saturated heterocycles. The summed E-state index contributed by atoms with van der Waals surface area (Å²) in [6, 6.07) is 11.1. The third-order valence-electron chi connectivity index (χ3n) is 2.99. The van der Waals surface area contributed by atoms with Crippen molar-refractivity contribution >= 4 is 11.6 Å². The first-order chi connectivity index (χ1) is 10.1. The van der Waals surface area contributed by atoms with Gasteiger partial charge in [-0.25, -0.2) is 4.98 Å². The monoisotopic (exact) mass is 280 g/mol. The lowest BCUT2D eigenvalue weighted by molar-refractivity contribution is 0.0988. The number of aromatic nitrogens is 1. The number of aryl methyl sites for hydroxylation is 1. The van der Waals surface area contributed by atoms with E-state index in [1.807, 2.05) is 31.2 Å². The summed E-state index contributed by atoms with van der Waals surface area (Å²) in [5.41, 5.74) is 2.94. The second-order valence-corrected chi connectivity index (χ2v) is 4.60. The molecule has 0 bridgehead atoms. The summed E-state index contributed by atoms with van der Waals surface area (Å²) in [6.45, 7) is 1.78. The molecule has 0 spiro atoms. The van der Waals surface area contributed by atoms with Gasteiger partial charge in [0.2, 0.25) is 0 Å². The van der Waals surface area contributed by atoms with Crippen LogP contribution in [-0.4, -0.2) is 29.7 Å². The van der Waals surface area contributed by atoms with E-state index in [9.17, 15) is 4.79 Å². The normalized spacial score (nSPS) is 9.67. The topological polar surface area (TPSA) is 53.4 Å². The fourth-order valence-corrected chi connectivity index (χ4v) is 1.86. The molecule has 1 N–H and O–H groups in total. The maximum atomic E-state index is 12.4. The molecule has 1 aromatic heterocycles. The fraction of sp³-hybridized carbons (Fsp3) is 0.176. The molecule has 1 aromatic carbocycles. The van der Waals surface area contributed by atoms with Gasteiger partial charge in [-0.3, -0.25) is 4.79 Å². The van der Waals surface area contributed by atoms with Crippen molar-refractivity contribution in [1.82, 2.24) is 4.98 Å². The average Bonchev–Trinajstić information content (AvgIpc) is 2.52. The first-order valence-electron chi connectivity index (χ1n) is 6.52. The number of benzene rings is 1. The number of carbonyl (C=O) groups is 1. The zero-order valence-electron chi connectivity index (χ0n) is 12.0. The number of rotatable bonds is 2. The molecule has 106 valence electrons. The molecule has 2 aromatic rings. The minimum Gasteiger partial charge on any atom is -0.384 e. The molecule has 2 rings (SSSR count). The van der Waals surface area contributed by atoms with Crippen molar-refractivity contribution < 1.29 is 9.90 Å². The van der Waals surface area contributed by atoms with E-state index in [4.69, 9.17) is 5.11 Å². The Morgan fingerprint density at radius 3 is 2.76 bits per heavy atom. The zero-order chi connectivity index (χ0) is 15.2. The third kappa shape index (κ3) is 3.68. The van der Waals surface area contributed by atoms with Crippen LogP contribution in [0.3, 0.4) is 0 Å². The van der Waals surface area contributed by atoms with Crippen LogP contribution in [0.2, 0.25) is 0 Å². The number of anilines is 1. The van der Waals surface area contributed by atoms with Crippen LogP contribution in [0.4, 0.5) is 5.69 Å². The zero-order valence-corrected chi connectivity index (χ0v) is 12.0. The fourth-order valence-electron chi connectivity index (χ4n) is 1.86. The van der Waals surface area contributed by atoms with Crippen molar-refractivity contribution in [3.8, 4) is 11.8 Å². The van der Waals surface area contributed by atoms with Gasteiger partial charge in [0.05, 0.1) is 0 Å². The van der Waals surface area contributed by atoms with E-state index in [0.717, 1.165) is 11.3 Å². The number of nitrogens with zero attached hydrogens (tertiary/aromatic N) is 2. The van der Waals surface area contributed by atoms with Gasteiger partial charge in [-0.2, -0.15) is 0 Å². The number of pyridine rings is 1. The quantitative estimate of drug-likeness (QED) is 0.856. The molecule has 0 aliphatic carbocycles. The summed E-state index contributed by atoms with van der Waals surface area (Å²) in [6.07, 6.45) is 1.53. The molecule has 0 radical (unpaired) electrons. The number of hydrogen-bond acceptors (Lipinski definition) is 3. The van der Waals surface area contributed by atoms with E-state index in [2.05, 4.69) is 16.8 Å². The van der Waals surface area contributed by atoms with E-state index in [1.165, 1.54) is 6.20 Å². The molecule has 0 unspecified atom stereocenters. The lowest BCUT2D eigenvalue weighted by atomic mass is 10.2. The minimum absolute atomic E-state index is 0.178. The summed E-state index contributed by atoms with van der Waals surface area (Å²) >= 11 is 0. The van der Waals surface area contributed by atoms with Crippen LogP contribution >= 0.6 is 0 Å².